The summed E-state index contributed by atoms with van der Waals surface area (Å²) in [5.74, 6) is 1.76. The average molecular weight is 2040 g/mol. The van der Waals surface area contributed by atoms with E-state index in [-0.39, 0.29) is 23.7 Å². The van der Waals surface area contributed by atoms with Gasteiger partial charge in [-0.3, -0.25) is 9.59 Å². The van der Waals surface area contributed by atoms with Gasteiger partial charge in [0.15, 0.2) is 0 Å². The number of hydrogen-bond donors (Lipinski definition) is 9. The van der Waals surface area contributed by atoms with Crippen LogP contribution in [0.1, 0.15) is 134 Å². The maximum Gasteiger partial charge on any atom is 0.573 e. The molecule has 8 aromatic heterocycles. The average Bonchev–Trinajstić information content (AvgIpc) is 1.64. The Morgan fingerprint density at radius 2 is 0.624 bits per heavy atom. The summed E-state index contributed by atoms with van der Waals surface area (Å²) in [5, 5.41) is 12.9. The van der Waals surface area contributed by atoms with Crippen LogP contribution >= 0.6 is 0 Å². The third kappa shape index (κ3) is 26.2. The normalized spacial score (nSPS) is 16.7. The highest BCUT2D eigenvalue weighted by Crippen LogP contribution is 2.40. The molecule has 794 valence electrons. The van der Waals surface area contributed by atoms with Gasteiger partial charge in [-0.2, -0.15) is 13.2 Å². The summed E-state index contributed by atoms with van der Waals surface area (Å²) in [4.78, 5) is 73.1. The number of carbonyl (C=O) groups excluding carboxylic acids is 2. The van der Waals surface area contributed by atoms with Gasteiger partial charge >= 0.3 is 12.5 Å². The van der Waals surface area contributed by atoms with Crippen LogP contribution in [-0.2, 0) is 118 Å². The molecule has 24 nitrogen and oxygen atoms in total. The molecular formula is C119H151F6N19O5. The first kappa shape index (κ1) is 108. The van der Waals surface area contributed by atoms with Crippen LogP contribution in [0.25, 0.3) is 87.2 Å². The summed E-state index contributed by atoms with van der Waals surface area (Å²) in [6, 6.07) is 45.1. The molecule has 8 aliphatic rings. The Kier molecular flexibility index (Phi) is 33.9. The Bertz CT molecular complexity index is 7410. The van der Waals surface area contributed by atoms with Crippen LogP contribution in [0.4, 0.5) is 43.4 Å². The van der Waals surface area contributed by atoms with E-state index in [2.05, 4.69) is 277 Å². The van der Waals surface area contributed by atoms with Crippen LogP contribution < -0.4 is 29.3 Å². The zero-order valence-electron chi connectivity index (χ0n) is 90.3. The Morgan fingerprint density at radius 1 is 0.336 bits per heavy atom. The van der Waals surface area contributed by atoms with Crippen molar-refractivity contribution in [3.8, 4) is 17.2 Å². The molecule has 9 N–H and O–H groups in total. The maximum atomic E-state index is 12.7. The van der Waals surface area contributed by atoms with Crippen LogP contribution in [0.3, 0.4) is 0 Å². The molecule has 0 aliphatic carbocycles. The lowest BCUT2D eigenvalue weighted by molar-refractivity contribution is -0.274. The largest absolute Gasteiger partial charge is 0.573 e. The zero-order chi connectivity index (χ0) is 106. The predicted molar refractivity (Wildman–Crippen MR) is 597 cm³/mol. The second kappa shape index (κ2) is 46.9. The number of amides is 2. The van der Waals surface area contributed by atoms with E-state index in [4.69, 9.17) is 9.47 Å². The van der Waals surface area contributed by atoms with Crippen molar-refractivity contribution in [1.29, 1.82) is 0 Å². The number of alkyl halides is 6. The lowest BCUT2D eigenvalue weighted by Crippen LogP contribution is -2.22. The molecule has 0 saturated carbocycles. The number of rotatable bonds is 7. The number of carbonyl (C=O) groups is 2. The lowest BCUT2D eigenvalue weighted by Gasteiger charge is -2.15. The number of halogens is 6. The van der Waals surface area contributed by atoms with Crippen LogP contribution in [-0.4, -0.2) is 293 Å². The number of methoxy groups -OCH3 is 1. The number of hydrogen-bond acceptors (Lipinski definition) is 14. The van der Waals surface area contributed by atoms with Gasteiger partial charge in [-0.05, 0) is 276 Å². The minimum atomic E-state index is -4.65. The standard InChI is InChI=1S/C16H21N3O.C16H22N2O.C15H19N3O.C15H21N3.C15H20N2O.C14H15F3N2O.C14H15F3N2.C14H18N2/c1-11(20)19(3)12-4-5-13-14-6-8-18(2)9-7-15(14)17-16(13)10-12;1-11(2)19-12-4-5-13-14-6-8-18(3)9-7-15(14)17-16(13)10-12;1-10(19)16-11-3-4-12-13-5-7-18(2)8-6-14(13)17-15(12)9-11;1-17(2)11-4-5-12-13-6-8-18(3)9-7-14(13)16-15(12)10-11;1-10-8-12-11-4-6-17(2)7-5-13(11)16-14(12)9-15(10)18-3;1-19-6-4-11-10-3-2-9(20-14(15,16)17)8-13(10)18-12(11)5-7-19;1-19-6-4-11-10-3-2-9(14(15,16)17)8-13(10)18-12(11)5-7-19;1-10-3-4-11-12-5-7-16(2)8-6-13(12)15-14(11)9-10/h4-5,10,17H,6-9H2,1-3H3;4-5,10-11,17H,6-9H2,1-3H3;3-4,9,17H,5-8H2,1-2H3,(H,16,19);4-5,10,16H,6-9H2,1-3H3;8-9,16H,4-7H2,1-3H3;2-3,8,18H,4-7H2,1H3;2-3,8,18H,4-7H2,1H3;3-4,9,15H,5-8H2,1-2H3. The molecule has 24 rings (SSSR count). The quantitative estimate of drug-likeness (QED) is 0.0676. The summed E-state index contributed by atoms with van der Waals surface area (Å²) in [5.41, 5.74) is 35.6. The van der Waals surface area contributed by atoms with Gasteiger partial charge in [0.25, 0.3) is 0 Å². The van der Waals surface area contributed by atoms with Gasteiger partial charge in [-0.25, -0.2) is 0 Å². The summed E-state index contributed by atoms with van der Waals surface area (Å²) < 4.78 is 89.9. The van der Waals surface area contributed by atoms with E-state index < -0.39 is 18.1 Å². The van der Waals surface area contributed by atoms with Gasteiger partial charge in [0.1, 0.15) is 17.2 Å². The van der Waals surface area contributed by atoms with E-state index in [1.54, 1.807) is 36.6 Å². The number of nitrogens with zero attached hydrogens (tertiary/aromatic N) is 10. The van der Waals surface area contributed by atoms with E-state index in [9.17, 15) is 35.9 Å². The number of aromatic nitrogens is 8. The Morgan fingerprint density at radius 3 is 0.966 bits per heavy atom. The van der Waals surface area contributed by atoms with Crippen LogP contribution in [0.15, 0.2) is 140 Å². The number of H-pyrrole nitrogens is 8. The van der Waals surface area contributed by atoms with E-state index in [0.29, 0.717) is 11.0 Å². The molecule has 0 saturated heterocycles. The van der Waals surface area contributed by atoms with Gasteiger partial charge in [-0.15, -0.1) is 13.2 Å². The lowest BCUT2D eigenvalue weighted by atomic mass is 10.0. The molecule has 149 heavy (non-hydrogen) atoms. The van der Waals surface area contributed by atoms with Crippen molar-refractivity contribution in [2.45, 2.75) is 163 Å². The fourth-order valence-electron chi connectivity index (χ4n) is 22.3. The van der Waals surface area contributed by atoms with Gasteiger partial charge in [0.05, 0.1) is 18.8 Å². The molecule has 30 heteroatoms. The number of likely N-dealkylation sites (N-methyl/N-ethyl adjacent to an activating group) is 8. The molecule has 0 spiro atoms. The Labute approximate surface area is 871 Å². The first-order valence-corrected chi connectivity index (χ1v) is 53.0. The SMILES string of the molecule is CC(=O)N(C)c1ccc2c3c([nH]c2c1)CCN(C)CC3.CC(=O)Nc1ccc2c3c([nH]c2c1)CCN(C)CC3.CC(C)Oc1ccc2c3c([nH]c2c1)CCN(C)CC3.CN1CCc2[nH]c3cc(C(F)(F)F)ccc3c2CC1.CN1CCc2[nH]c3cc(N(C)C)ccc3c2CC1.CN1CCc2[nH]c3cc(OC(F)(F)F)ccc3c2CC1.COc1cc2[nH]c3c(c2cc1C)CCN(C)CC3.Cc1ccc2c3c([nH]c2c1)CCN(C)CC3. The van der Waals surface area contributed by atoms with Crippen molar-refractivity contribution >= 4 is 116 Å². The highest BCUT2D eigenvalue weighted by molar-refractivity contribution is 5.97. The predicted octanol–water partition coefficient (Wildman–Crippen LogP) is 20.9. The first-order chi connectivity index (χ1) is 71.3. The van der Waals surface area contributed by atoms with Crippen molar-refractivity contribution < 1.29 is 50.1 Å². The minimum absolute atomic E-state index is 0.0332. The number of ether oxygens (including phenoxy) is 3. The molecule has 8 aromatic carbocycles. The van der Waals surface area contributed by atoms with Gasteiger partial charge in [-0.1, -0.05) is 36.4 Å². The number of fused-ring (bicyclic) bond motifs is 24. The Hall–Kier alpha value is -12.5. The first-order valence-electron chi connectivity index (χ1n) is 53.0. The van der Waals surface area contributed by atoms with Crippen LogP contribution in [0, 0.1) is 13.8 Å². The second-order valence-electron chi connectivity index (χ2n) is 42.8. The van der Waals surface area contributed by atoms with Crippen LogP contribution in [0.2, 0.25) is 0 Å². The van der Waals surface area contributed by atoms with Gasteiger partial charge < -0.3 is 108 Å². The summed E-state index contributed by atoms with van der Waals surface area (Å²) >= 11 is 0. The van der Waals surface area contributed by atoms with E-state index >= 15 is 0 Å². The third-order valence-corrected chi connectivity index (χ3v) is 31.1. The molecular weight excluding hydrogens is 1890 g/mol. The van der Waals surface area contributed by atoms with Crippen LogP contribution in [0.5, 0.6) is 17.2 Å². The number of anilines is 3. The summed E-state index contributed by atoms with van der Waals surface area (Å²) in [6.45, 7) is 28.9. The smallest absolute Gasteiger partial charge is 0.496 e. The van der Waals surface area contributed by atoms with Crippen molar-refractivity contribution in [3.63, 3.8) is 0 Å². The highest BCUT2D eigenvalue weighted by atomic mass is 19.4. The zero-order valence-corrected chi connectivity index (χ0v) is 90.3. The third-order valence-electron chi connectivity index (χ3n) is 31.1. The monoisotopic (exact) mass is 2040 g/mol. The highest BCUT2D eigenvalue weighted by Gasteiger charge is 2.34. The Balaban J connectivity index is 0.000000116. The van der Waals surface area contributed by atoms with Crippen molar-refractivity contribution in [1.82, 2.24) is 79.1 Å². The van der Waals surface area contributed by atoms with Crippen molar-refractivity contribution in [2.75, 3.05) is 204 Å². The fourth-order valence-corrected chi connectivity index (χ4v) is 22.3. The molecule has 0 atom stereocenters. The topological polar surface area (TPSA) is 233 Å². The second-order valence-corrected chi connectivity index (χ2v) is 42.8. The summed E-state index contributed by atoms with van der Waals surface area (Å²) in [6.07, 6.45) is 8.26. The maximum absolute atomic E-state index is 12.7. The minimum Gasteiger partial charge on any atom is -0.496 e. The van der Waals surface area contributed by atoms with Crippen molar-refractivity contribution in [3.05, 3.63) is 246 Å². The molecule has 0 unspecified atom stereocenters. The van der Waals surface area contributed by atoms with Gasteiger partial charge in [0.2, 0.25) is 11.8 Å². The molecule has 0 radical (unpaired) electrons. The molecule has 2 amide bonds. The molecule has 16 heterocycles. The molecule has 0 bridgehead atoms. The fraction of sp³-hybridized carbons (Fsp3) is 0.445. The van der Waals surface area contributed by atoms with E-state index in [1.165, 1.54) is 195 Å². The summed E-state index contributed by atoms with van der Waals surface area (Å²) in [7, 11) is 25.0. The van der Waals surface area contributed by atoms with Crippen molar-refractivity contribution in [2.24, 2.45) is 0 Å². The number of benzene rings is 8. The van der Waals surface area contributed by atoms with E-state index in [0.717, 1.165) is 244 Å². The molecule has 0 fully saturated rings. The van der Waals surface area contributed by atoms with Gasteiger partial charge in [0, 0.05) is 359 Å². The van der Waals surface area contributed by atoms with E-state index in [1.807, 2.05) is 25.2 Å². The molecule has 8 aliphatic heterocycles. The number of nitrogens with one attached hydrogen (secondary N) is 9. The molecule has 16 aromatic rings. The number of aryl methyl sites for hydroxylation is 2. The number of aromatic amines is 8.